The second-order valence-electron chi connectivity index (χ2n) is 6.83. The van der Waals surface area contributed by atoms with Crippen LogP contribution in [-0.4, -0.2) is 12.8 Å². The first-order valence-electron chi connectivity index (χ1n) is 9.30. The lowest BCUT2D eigenvalue weighted by atomic mass is 9.96. The molecular formula is C23H24F2O3. The third kappa shape index (κ3) is 4.93. The number of aryl methyl sites for hydroxylation is 3. The van der Waals surface area contributed by atoms with Crippen molar-refractivity contribution < 1.29 is 23.1 Å². The maximum atomic E-state index is 14.1. The average Bonchev–Trinajstić information content (AvgIpc) is 3.12. The molecule has 5 heteroatoms. The molecule has 0 unspecified atom stereocenters. The van der Waals surface area contributed by atoms with Gasteiger partial charge in [-0.2, -0.15) is 14.0 Å². The molecule has 0 amide bonds. The largest absolute Gasteiger partial charge is 0.486 e. The van der Waals surface area contributed by atoms with Gasteiger partial charge >= 0.3 is 6.15 Å². The van der Waals surface area contributed by atoms with E-state index in [2.05, 4.69) is 32.0 Å². The number of ether oxygens (including phenoxy) is 1. The van der Waals surface area contributed by atoms with Crippen LogP contribution >= 0.6 is 0 Å². The maximum Gasteiger partial charge on any atom is 0.373 e. The Kier molecular flexibility index (Phi) is 7.65. The van der Waals surface area contributed by atoms with Gasteiger partial charge in [0.25, 0.3) is 0 Å². The van der Waals surface area contributed by atoms with Crippen molar-refractivity contribution in [1.82, 2.24) is 0 Å². The van der Waals surface area contributed by atoms with Crippen LogP contribution in [0.3, 0.4) is 0 Å². The van der Waals surface area contributed by atoms with Crippen LogP contribution in [0.4, 0.5) is 8.78 Å². The number of rotatable bonds is 5. The highest BCUT2D eigenvalue weighted by Gasteiger charge is 2.19. The minimum absolute atomic E-state index is 0.00548. The molecule has 1 aliphatic carbocycles. The second kappa shape index (κ2) is 9.95. The van der Waals surface area contributed by atoms with Crippen molar-refractivity contribution in [3.8, 4) is 5.75 Å². The van der Waals surface area contributed by atoms with Crippen LogP contribution in [0.15, 0.2) is 35.9 Å². The van der Waals surface area contributed by atoms with Gasteiger partial charge in [-0.05, 0) is 73.4 Å². The molecule has 0 aromatic heterocycles. The van der Waals surface area contributed by atoms with Gasteiger partial charge in [-0.1, -0.05) is 36.8 Å². The molecule has 0 atom stereocenters. The van der Waals surface area contributed by atoms with Crippen LogP contribution in [0, 0.1) is 25.5 Å². The minimum Gasteiger partial charge on any atom is -0.486 e. The van der Waals surface area contributed by atoms with Crippen LogP contribution in [0.25, 0.3) is 5.57 Å². The summed E-state index contributed by atoms with van der Waals surface area (Å²) in [5.41, 5.74) is 6.59. The molecule has 0 saturated heterocycles. The van der Waals surface area contributed by atoms with Crippen molar-refractivity contribution in [1.29, 1.82) is 0 Å². The SMILES string of the molecule is CCc1ccc(OCC2=C(c3ccc(C)cc3C)CCC2)c(F)c1F.O=C=O. The van der Waals surface area contributed by atoms with E-state index in [0.29, 0.717) is 18.6 Å². The number of hydrogen-bond acceptors (Lipinski definition) is 3. The molecule has 0 heterocycles. The van der Waals surface area contributed by atoms with Crippen molar-refractivity contribution in [3.63, 3.8) is 0 Å². The lowest BCUT2D eigenvalue weighted by Gasteiger charge is -2.14. The molecule has 2 aromatic carbocycles. The molecule has 1 aliphatic rings. The molecule has 0 saturated carbocycles. The highest BCUT2D eigenvalue weighted by Crippen LogP contribution is 2.36. The molecule has 0 fully saturated rings. The molecule has 0 radical (unpaired) electrons. The number of hydrogen-bond donors (Lipinski definition) is 0. The fraction of sp³-hybridized carbons (Fsp3) is 0.348. The fourth-order valence-corrected chi connectivity index (χ4v) is 3.56. The first kappa shape index (κ1) is 21.5. The van der Waals surface area contributed by atoms with Crippen LogP contribution in [0.2, 0.25) is 0 Å². The van der Waals surface area contributed by atoms with E-state index in [1.807, 2.05) is 0 Å². The lowest BCUT2D eigenvalue weighted by molar-refractivity contribution is -0.191. The normalized spacial score (nSPS) is 13.0. The summed E-state index contributed by atoms with van der Waals surface area (Å²) in [7, 11) is 0. The monoisotopic (exact) mass is 386 g/mol. The summed E-state index contributed by atoms with van der Waals surface area (Å²) in [4.78, 5) is 16.2. The van der Waals surface area contributed by atoms with E-state index >= 15 is 0 Å². The molecule has 0 bridgehead atoms. The van der Waals surface area contributed by atoms with Crippen LogP contribution in [0.1, 0.15) is 48.4 Å². The molecule has 2 aromatic rings. The standard InChI is InChI=1S/C22H24F2O.CO2/c1-4-16-9-11-20(22(24)21(16)23)25-13-17-6-5-7-19(17)18-10-8-14(2)12-15(18)3;2-1-3/h8-12H,4-7,13H2,1-3H3;. The van der Waals surface area contributed by atoms with Crippen LogP contribution in [-0.2, 0) is 16.0 Å². The molecule has 28 heavy (non-hydrogen) atoms. The molecule has 0 spiro atoms. The Labute approximate surface area is 164 Å². The zero-order valence-electron chi connectivity index (χ0n) is 16.4. The Morgan fingerprint density at radius 3 is 2.39 bits per heavy atom. The van der Waals surface area contributed by atoms with Crippen LogP contribution in [0.5, 0.6) is 5.75 Å². The van der Waals surface area contributed by atoms with Crippen molar-refractivity contribution in [2.24, 2.45) is 0 Å². The van der Waals surface area contributed by atoms with Gasteiger partial charge in [-0.3, -0.25) is 0 Å². The van der Waals surface area contributed by atoms with Crippen molar-refractivity contribution >= 4 is 11.7 Å². The quantitative estimate of drug-likeness (QED) is 0.674. The Balaban J connectivity index is 0.000000878. The topological polar surface area (TPSA) is 43.4 Å². The highest BCUT2D eigenvalue weighted by molar-refractivity contribution is 5.73. The molecule has 0 aliphatic heterocycles. The Hall–Kier alpha value is -2.78. The van der Waals surface area contributed by atoms with E-state index in [4.69, 9.17) is 14.3 Å². The Bertz CT molecular complexity index is 910. The summed E-state index contributed by atoms with van der Waals surface area (Å²) in [5.74, 6) is -1.69. The zero-order valence-corrected chi connectivity index (χ0v) is 16.4. The predicted octanol–water partition coefficient (Wildman–Crippen LogP) is 5.58. The minimum atomic E-state index is -0.883. The third-order valence-corrected chi connectivity index (χ3v) is 4.95. The van der Waals surface area contributed by atoms with Crippen LogP contribution < -0.4 is 4.74 Å². The van der Waals surface area contributed by atoms with E-state index < -0.39 is 11.6 Å². The van der Waals surface area contributed by atoms with E-state index in [1.165, 1.54) is 33.9 Å². The molecule has 3 rings (SSSR count). The molecule has 3 nitrogen and oxygen atoms in total. The first-order valence-corrected chi connectivity index (χ1v) is 9.30. The van der Waals surface area contributed by atoms with Gasteiger partial charge in [0.05, 0.1) is 0 Å². The fourth-order valence-electron chi connectivity index (χ4n) is 3.56. The molecule has 0 N–H and O–H groups in total. The molecule has 148 valence electrons. The van der Waals surface area contributed by atoms with Gasteiger partial charge in [-0.15, -0.1) is 0 Å². The smallest absolute Gasteiger partial charge is 0.373 e. The van der Waals surface area contributed by atoms with Crippen molar-refractivity contribution in [2.75, 3.05) is 6.61 Å². The highest BCUT2D eigenvalue weighted by atomic mass is 19.2. The Morgan fingerprint density at radius 2 is 1.75 bits per heavy atom. The zero-order chi connectivity index (χ0) is 20.7. The van der Waals surface area contributed by atoms with Gasteiger partial charge in [0, 0.05) is 0 Å². The summed E-state index contributed by atoms with van der Waals surface area (Å²) in [5, 5.41) is 0. The van der Waals surface area contributed by atoms with E-state index in [9.17, 15) is 8.78 Å². The van der Waals surface area contributed by atoms with Crippen molar-refractivity contribution in [2.45, 2.75) is 46.5 Å². The molecular weight excluding hydrogens is 362 g/mol. The van der Waals surface area contributed by atoms with Gasteiger partial charge < -0.3 is 4.74 Å². The van der Waals surface area contributed by atoms with E-state index in [1.54, 1.807) is 13.0 Å². The summed E-state index contributed by atoms with van der Waals surface area (Å²) < 4.78 is 33.7. The number of carbonyl (C=O) groups excluding carboxylic acids is 2. The number of allylic oxidation sites excluding steroid dienone is 1. The van der Waals surface area contributed by atoms with Gasteiger partial charge in [0.2, 0.25) is 5.82 Å². The number of halogens is 2. The van der Waals surface area contributed by atoms with E-state index in [0.717, 1.165) is 19.3 Å². The lowest BCUT2D eigenvalue weighted by Crippen LogP contribution is -2.05. The summed E-state index contributed by atoms with van der Waals surface area (Å²) >= 11 is 0. The van der Waals surface area contributed by atoms with Gasteiger partial charge in [0.1, 0.15) is 6.61 Å². The number of benzene rings is 2. The third-order valence-electron chi connectivity index (χ3n) is 4.95. The van der Waals surface area contributed by atoms with E-state index in [-0.39, 0.29) is 11.9 Å². The summed E-state index contributed by atoms with van der Waals surface area (Å²) in [6.07, 6.45) is 3.74. The van der Waals surface area contributed by atoms with Gasteiger partial charge in [-0.25, -0.2) is 4.39 Å². The average molecular weight is 386 g/mol. The summed E-state index contributed by atoms with van der Waals surface area (Å²) in [6.45, 7) is 6.31. The van der Waals surface area contributed by atoms with Gasteiger partial charge in [0.15, 0.2) is 11.6 Å². The summed E-state index contributed by atoms with van der Waals surface area (Å²) in [6, 6.07) is 9.58. The predicted molar refractivity (Wildman–Crippen MR) is 103 cm³/mol. The Morgan fingerprint density at radius 1 is 1.04 bits per heavy atom. The first-order chi connectivity index (χ1) is 13.4. The second-order valence-corrected chi connectivity index (χ2v) is 6.83. The van der Waals surface area contributed by atoms with Crippen molar-refractivity contribution in [3.05, 3.63) is 69.8 Å². The maximum absolute atomic E-state index is 14.1.